The Morgan fingerprint density at radius 3 is 2.37 bits per heavy atom. The molecule has 188 valence electrons. The molecule has 1 heterocycles. The number of carbonyl (C=O) groups is 3. The number of ketones is 1. The lowest BCUT2D eigenvalue weighted by Gasteiger charge is -2.37. The number of nitrogens with zero attached hydrogens (tertiary/aromatic N) is 1. The number of carboxylic acid groups (broad SMARTS) is 2. The maximum Gasteiger partial charge on any atom is 0.320 e. The highest BCUT2D eigenvalue weighted by Crippen LogP contribution is 2.32. The van der Waals surface area contributed by atoms with E-state index in [-0.39, 0.29) is 12.3 Å². The number of hydrogen-bond donors (Lipinski definition) is 4. The van der Waals surface area contributed by atoms with E-state index in [1.807, 2.05) is 54.6 Å². The van der Waals surface area contributed by atoms with Crippen LogP contribution >= 0.6 is 0 Å². The summed E-state index contributed by atoms with van der Waals surface area (Å²) >= 11 is 0. The number of nitrogens with two attached hydrogens (primary N) is 1. The smallest absolute Gasteiger partial charge is 0.320 e. The number of aliphatic carboxylic acids is 2. The molecule has 0 radical (unpaired) electrons. The summed E-state index contributed by atoms with van der Waals surface area (Å²) in [6.07, 6.45) is 3.37. The van der Waals surface area contributed by atoms with Crippen LogP contribution < -0.4 is 11.1 Å². The van der Waals surface area contributed by atoms with Crippen molar-refractivity contribution in [3.63, 3.8) is 0 Å². The Morgan fingerprint density at radius 1 is 0.971 bits per heavy atom. The largest absolute Gasteiger partial charge is 0.480 e. The second kappa shape index (κ2) is 13.1. The molecule has 0 spiro atoms. The lowest BCUT2D eigenvalue weighted by molar-refractivity contribution is -0.140. The van der Waals surface area contributed by atoms with Crippen LogP contribution in [0.3, 0.4) is 0 Å². The molecule has 1 unspecified atom stereocenters. The number of nitrogens with one attached hydrogen (secondary N) is 1. The molecule has 3 atom stereocenters. The van der Waals surface area contributed by atoms with Gasteiger partial charge in [-0.3, -0.25) is 24.6 Å². The molecule has 8 nitrogen and oxygen atoms in total. The van der Waals surface area contributed by atoms with Crippen LogP contribution in [-0.4, -0.2) is 64.6 Å². The van der Waals surface area contributed by atoms with Gasteiger partial charge in [0.1, 0.15) is 6.04 Å². The quantitative estimate of drug-likeness (QED) is 0.302. The summed E-state index contributed by atoms with van der Waals surface area (Å²) in [6, 6.07) is 14.8. The number of unbranched alkanes of at least 4 members (excludes halogenated alkanes) is 1. The molecule has 2 aromatic carbocycles. The minimum absolute atomic E-state index is 0.193. The molecule has 0 fully saturated rings. The van der Waals surface area contributed by atoms with Crippen molar-refractivity contribution in [1.29, 1.82) is 0 Å². The third-order valence-electron chi connectivity index (χ3n) is 6.55. The lowest BCUT2D eigenvalue weighted by atomic mass is 9.86. The molecular formula is C27H35N3O5. The number of carbonyl (C=O) groups excluding carboxylic acids is 1. The summed E-state index contributed by atoms with van der Waals surface area (Å²) < 4.78 is 0. The van der Waals surface area contributed by atoms with Crippen molar-refractivity contribution in [1.82, 2.24) is 10.2 Å². The topological polar surface area (TPSA) is 133 Å². The highest BCUT2D eigenvalue weighted by molar-refractivity contribution is 5.91. The van der Waals surface area contributed by atoms with Crippen LogP contribution in [0.25, 0.3) is 0 Å². The first-order valence-electron chi connectivity index (χ1n) is 12.2. The zero-order valence-electron chi connectivity index (χ0n) is 19.9. The summed E-state index contributed by atoms with van der Waals surface area (Å²) in [7, 11) is 0. The van der Waals surface area contributed by atoms with Crippen molar-refractivity contribution in [2.24, 2.45) is 5.73 Å². The van der Waals surface area contributed by atoms with Crippen LogP contribution in [0.2, 0.25) is 0 Å². The van der Waals surface area contributed by atoms with E-state index in [0.29, 0.717) is 51.6 Å². The first-order valence-corrected chi connectivity index (χ1v) is 12.2. The Bertz CT molecular complexity index is 997. The minimum atomic E-state index is -1.01. The van der Waals surface area contributed by atoms with Gasteiger partial charge in [-0.25, -0.2) is 0 Å². The summed E-state index contributed by atoms with van der Waals surface area (Å²) in [6.45, 7) is 0.677. The predicted molar refractivity (Wildman–Crippen MR) is 133 cm³/mol. The first kappa shape index (κ1) is 26.5. The third-order valence-corrected chi connectivity index (χ3v) is 6.55. The van der Waals surface area contributed by atoms with Gasteiger partial charge in [-0.1, -0.05) is 61.0 Å². The van der Waals surface area contributed by atoms with E-state index < -0.39 is 30.1 Å². The minimum Gasteiger partial charge on any atom is -0.480 e. The zero-order chi connectivity index (χ0) is 25.2. The standard InChI is InChI=1S/C27H35N3O5/c28-16-7-6-12-22(29-23(27(34)35)14-13-19-8-2-1-3-9-19)26(33)25-21-11-5-4-10-20(21)15-17-30(25)18-24(31)32/h1-5,8-11,22-23,25,29H,6-7,12-18,28H2,(H,31,32)(H,34,35)/t22?,23-,25-/m0/s1. The first-order chi connectivity index (χ1) is 16.9. The summed E-state index contributed by atoms with van der Waals surface area (Å²) in [5, 5.41) is 22.5. The molecule has 0 saturated carbocycles. The Balaban J connectivity index is 1.85. The van der Waals surface area contributed by atoms with Crippen LogP contribution in [-0.2, 0) is 27.2 Å². The van der Waals surface area contributed by atoms with Crippen molar-refractivity contribution in [2.45, 2.75) is 56.7 Å². The van der Waals surface area contributed by atoms with Crippen LogP contribution in [0.5, 0.6) is 0 Å². The molecular weight excluding hydrogens is 446 g/mol. The fraction of sp³-hybridized carbons (Fsp3) is 0.444. The van der Waals surface area contributed by atoms with Gasteiger partial charge in [0.05, 0.1) is 18.6 Å². The van der Waals surface area contributed by atoms with Gasteiger partial charge in [0.15, 0.2) is 5.78 Å². The normalized spacial score (nSPS) is 17.3. The maximum absolute atomic E-state index is 14.0. The second-order valence-corrected chi connectivity index (χ2v) is 9.04. The predicted octanol–water partition coefficient (Wildman–Crippen LogP) is 2.41. The van der Waals surface area contributed by atoms with E-state index in [1.54, 1.807) is 4.90 Å². The molecule has 1 aliphatic rings. The molecule has 5 N–H and O–H groups in total. The van der Waals surface area contributed by atoms with E-state index in [0.717, 1.165) is 16.7 Å². The van der Waals surface area contributed by atoms with Gasteiger partial charge in [0, 0.05) is 6.54 Å². The van der Waals surface area contributed by atoms with Gasteiger partial charge < -0.3 is 15.9 Å². The molecule has 0 amide bonds. The Hall–Kier alpha value is -3.07. The van der Waals surface area contributed by atoms with Crippen molar-refractivity contribution in [3.8, 4) is 0 Å². The van der Waals surface area contributed by atoms with Gasteiger partial charge in [-0.15, -0.1) is 0 Å². The number of fused-ring (bicyclic) bond motifs is 1. The molecule has 0 bridgehead atoms. The van der Waals surface area contributed by atoms with Crippen molar-refractivity contribution < 1.29 is 24.6 Å². The fourth-order valence-electron chi connectivity index (χ4n) is 4.76. The molecule has 3 rings (SSSR count). The Kier molecular flexibility index (Phi) is 9.96. The fourth-order valence-corrected chi connectivity index (χ4v) is 4.76. The number of rotatable bonds is 14. The van der Waals surface area contributed by atoms with Crippen LogP contribution in [0.1, 0.15) is 48.4 Å². The molecule has 0 saturated heterocycles. The summed E-state index contributed by atoms with van der Waals surface area (Å²) in [5.74, 6) is -2.20. The van der Waals surface area contributed by atoms with Gasteiger partial charge in [-0.05, 0) is 55.3 Å². The summed E-state index contributed by atoms with van der Waals surface area (Å²) in [4.78, 5) is 39.3. The lowest BCUT2D eigenvalue weighted by Crippen LogP contribution is -2.52. The van der Waals surface area contributed by atoms with E-state index in [1.165, 1.54) is 0 Å². The molecule has 8 heteroatoms. The Labute approximate surface area is 206 Å². The average Bonchev–Trinajstić information content (AvgIpc) is 2.85. The van der Waals surface area contributed by atoms with Gasteiger partial charge >= 0.3 is 11.9 Å². The van der Waals surface area contributed by atoms with Crippen LogP contribution in [0, 0.1) is 0 Å². The molecule has 35 heavy (non-hydrogen) atoms. The van der Waals surface area contributed by atoms with Gasteiger partial charge in [0.25, 0.3) is 0 Å². The maximum atomic E-state index is 14.0. The third kappa shape index (κ3) is 7.45. The van der Waals surface area contributed by atoms with Gasteiger partial charge in [0.2, 0.25) is 0 Å². The van der Waals surface area contributed by atoms with Crippen molar-refractivity contribution in [3.05, 3.63) is 71.3 Å². The number of aryl methyl sites for hydroxylation is 1. The van der Waals surface area contributed by atoms with E-state index in [4.69, 9.17) is 5.73 Å². The van der Waals surface area contributed by atoms with Crippen LogP contribution in [0.15, 0.2) is 54.6 Å². The average molecular weight is 482 g/mol. The summed E-state index contributed by atoms with van der Waals surface area (Å²) in [5.41, 5.74) is 8.51. The Morgan fingerprint density at radius 2 is 1.69 bits per heavy atom. The molecule has 0 aliphatic carbocycles. The number of carboxylic acids is 2. The van der Waals surface area contributed by atoms with Gasteiger partial charge in [-0.2, -0.15) is 0 Å². The number of benzene rings is 2. The number of hydrogen-bond acceptors (Lipinski definition) is 6. The van der Waals surface area contributed by atoms with E-state index in [2.05, 4.69) is 5.32 Å². The van der Waals surface area contributed by atoms with Crippen molar-refractivity contribution in [2.75, 3.05) is 19.6 Å². The highest BCUT2D eigenvalue weighted by Gasteiger charge is 2.38. The molecule has 2 aromatic rings. The number of Topliss-reactive ketones (excluding diaryl/α,β-unsaturated/α-hetero) is 1. The zero-order valence-corrected chi connectivity index (χ0v) is 19.9. The molecule has 1 aliphatic heterocycles. The molecule has 0 aromatic heterocycles. The second-order valence-electron chi connectivity index (χ2n) is 9.04. The SMILES string of the molecule is NCCCCC(N[C@@H](CCc1ccccc1)C(=O)O)C(=O)[C@@H]1c2ccccc2CCN1CC(=O)O. The van der Waals surface area contributed by atoms with Crippen molar-refractivity contribution >= 4 is 17.7 Å². The van der Waals surface area contributed by atoms with Crippen LogP contribution in [0.4, 0.5) is 0 Å². The van der Waals surface area contributed by atoms with E-state index in [9.17, 15) is 24.6 Å². The van der Waals surface area contributed by atoms with E-state index >= 15 is 0 Å². The monoisotopic (exact) mass is 481 g/mol. The highest BCUT2D eigenvalue weighted by atomic mass is 16.4.